The smallest absolute Gasteiger partial charge is 0.202 e. The van der Waals surface area contributed by atoms with Crippen LogP contribution >= 0.6 is 11.5 Å². The molecule has 0 aromatic carbocycles. The monoisotopic (exact) mass is 243 g/mol. The number of hydrogen-bond acceptors (Lipinski definition) is 5. The van der Waals surface area contributed by atoms with Crippen molar-refractivity contribution in [1.82, 2.24) is 9.36 Å². The van der Waals surface area contributed by atoms with Crippen LogP contribution in [0.5, 0.6) is 0 Å². The average molecular weight is 243 g/mol. The van der Waals surface area contributed by atoms with Gasteiger partial charge in [0.1, 0.15) is 5.82 Å². The van der Waals surface area contributed by atoms with Crippen molar-refractivity contribution in [1.29, 1.82) is 0 Å². The summed E-state index contributed by atoms with van der Waals surface area (Å²) < 4.78 is 9.73. The fourth-order valence-corrected chi connectivity index (χ4v) is 1.86. The molecule has 1 N–H and O–H groups in total. The van der Waals surface area contributed by atoms with Crippen LogP contribution in [0.15, 0.2) is 0 Å². The van der Waals surface area contributed by atoms with Crippen molar-refractivity contribution in [3.63, 3.8) is 0 Å². The van der Waals surface area contributed by atoms with Gasteiger partial charge in [0.25, 0.3) is 0 Å². The molecule has 0 bridgehead atoms. The number of ether oxygens (including phenoxy) is 1. The lowest BCUT2D eigenvalue weighted by Crippen LogP contribution is -2.09. The molecule has 5 heteroatoms. The van der Waals surface area contributed by atoms with Crippen LogP contribution in [0.25, 0.3) is 0 Å². The lowest BCUT2D eigenvalue weighted by atomic mass is 10.2. The van der Waals surface area contributed by atoms with Crippen LogP contribution < -0.4 is 5.32 Å². The fourth-order valence-electron chi connectivity index (χ4n) is 1.13. The van der Waals surface area contributed by atoms with Crippen LogP contribution in [0.3, 0.4) is 0 Å². The Morgan fingerprint density at radius 2 is 2.06 bits per heavy atom. The van der Waals surface area contributed by atoms with Gasteiger partial charge in [-0.05, 0) is 20.3 Å². The summed E-state index contributed by atoms with van der Waals surface area (Å²) in [7, 11) is 0. The molecular formula is C11H21N3OS. The van der Waals surface area contributed by atoms with Crippen LogP contribution in [-0.4, -0.2) is 28.6 Å². The summed E-state index contributed by atoms with van der Waals surface area (Å²) >= 11 is 1.43. The first-order valence-electron chi connectivity index (χ1n) is 5.78. The van der Waals surface area contributed by atoms with Gasteiger partial charge in [-0.15, -0.1) is 0 Å². The van der Waals surface area contributed by atoms with E-state index in [9.17, 15) is 0 Å². The second kappa shape index (κ2) is 6.81. The second-order valence-electron chi connectivity index (χ2n) is 4.31. The predicted octanol–water partition coefficient (Wildman–Crippen LogP) is 2.89. The number of nitrogens with zero attached hydrogens (tertiary/aromatic N) is 2. The lowest BCUT2D eigenvalue weighted by Gasteiger charge is -2.07. The van der Waals surface area contributed by atoms with E-state index in [4.69, 9.17) is 4.74 Å². The number of rotatable bonds is 7. The number of aromatic nitrogens is 2. The lowest BCUT2D eigenvalue weighted by molar-refractivity contribution is 0.0787. The zero-order valence-electron chi connectivity index (χ0n) is 10.5. The van der Waals surface area contributed by atoms with E-state index in [1.165, 1.54) is 11.5 Å². The third-order valence-corrected chi connectivity index (χ3v) is 2.69. The maximum atomic E-state index is 5.45. The van der Waals surface area contributed by atoms with E-state index >= 15 is 0 Å². The van der Waals surface area contributed by atoms with Crippen LogP contribution in [0.4, 0.5) is 5.13 Å². The van der Waals surface area contributed by atoms with E-state index in [1.807, 2.05) is 13.8 Å². The Morgan fingerprint density at radius 3 is 2.62 bits per heavy atom. The van der Waals surface area contributed by atoms with Crippen molar-refractivity contribution in [2.45, 2.75) is 46.1 Å². The fraction of sp³-hybridized carbons (Fsp3) is 0.818. The van der Waals surface area contributed by atoms with Crippen LogP contribution in [0, 0.1) is 0 Å². The van der Waals surface area contributed by atoms with Gasteiger partial charge in [-0.25, -0.2) is 4.98 Å². The van der Waals surface area contributed by atoms with Gasteiger partial charge in [-0.1, -0.05) is 13.8 Å². The first-order chi connectivity index (χ1) is 7.59. The molecule has 92 valence electrons. The second-order valence-corrected chi connectivity index (χ2v) is 5.06. The number of hydrogen-bond donors (Lipinski definition) is 1. The van der Waals surface area contributed by atoms with E-state index < -0.39 is 0 Å². The zero-order valence-corrected chi connectivity index (χ0v) is 11.3. The summed E-state index contributed by atoms with van der Waals surface area (Å²) in [5.41, 5.74) is 0. The molecule has 0 aliphatic carbocycles. The minimum atomic E-state index is 0.314. The minimum Gasteiger partial charge on any atom is -0.379 e. The van der Waals surface area contributed by atoms with E-state index in [1.54, 1.807) is 0 Å². The minimum absolute atomic E-state index is 0.314. The molecule has 4 nitrogen and oxygen atoms in total. The summed E-state index contributed by atoms with van der Waals surface area (Å²) in [5, 5.41) is 4.17. The molecular weight excluding hydrogens is 222 g/mol. The van der Waals surface area contributed by atoms with Crippen molar-refractivity contribution in [2.75, 3.05) is 18.5 Å². The summed E-state index contributed by atoms with van der Waals surface area (Å²) in [4.78, 5) is 4.40. The Labute approximate surface area is 102 Å². The Bertz CT molecular complexity index is 299. The zero-order chi connectivity index (χ0) is 12.0. The van der Waals surface area contributed by atoms with Gasteiger partial charge < -0.3 is 10.1 Å². The number of nitrogens with one attached hydrogen (secondary N) is 1. The molecule has 1 aromatic rings. The molecule has 0 amide bonds. The Morgan fingerprint density at radius 1 is 1.31 bits per heavy atom. The largest absolute Gasteiger partial charge is 0.379 e. The summed E-state index contributed by atoms with van der Waals surface area (Å²) in [6, 6.07) is 0. The predicted molar refractivity (Wildman–Crippen MR) is 68.2 cm³/mol. The highest BCUT2D eigenvalue weighted by molar-refractivity contribution is 7.09. The molecule has 16 heavy (non-hydrogen) atoms. The Hall–Kier alpha value is -0.680. The van der Waals surface area contributed by atoms with Gasteiger partial charge in [-0.2, -0.15) is 4.37 Å². The standard InChI is InChI=1S/C11H21N3OS/c1-8(2)10-13-11(16-14-10)12-6-5-7-15-9(3)4/h8-9H,5-7H2,1-4H3,(H,12,13,14). The summed E-state index contributed by atoms with van der Waals surface area (Å²) in [6.45, 7) is 9.98. The molecule has 0 radical (unpaired) electrons. The average Bonchev–Trinajstić information content (AvgIpc) is 2.65. The van der Waals surface area contributed by atoms with E-state index in [0.717, 1.165) is 30.5 Å². The molecule has 1 aromatic heterocycles. The normalized spacial score (nSPS) is 11.4. The quantitative estimate of drug-likeness (QED) is 0.748. The van der Waals surface area contributed by atoms with E-state index in [-0.39, 0.29) is 0 Å². The molecule has 0 aliphatic heterocycles. The van der Waals surface area contributed by atoms with Gasteiger partial charge >= 0.3 is 0 Å². The van der Waals surface area contributed by atoms with Crippen molar-refractivity contribution in [3.05, 3.63) is 5.82 Å². The first-order valence-corrected chi connectivity index (χ1v) is 6.56. The van der Waals surface area contributed by atoms with E-state index in [2.05, 4.69) is 28.5 Å². The van der Waals surface area contributed by atoms with Crippen LogP contribution in [0.2, 0.25) is 0 Å². The third-order valence-electron chi connectivity index (χ3n) is 2.01. The van der Waals surface area contributed by atoms with Crippen molar-refractivity contribution in [3.8, 4) is 0 Å². The third kappa shape index (κ3) is 4.90. The molecule has 0 fully saturated rings. The Balaban J connectivity index is 2.17. The summed E-state index contributed by atoms with van der Waals surface area (Å²) in [5.74, 6) is 1.32. The highest BCUT2D eigenvalue weighted by atomic mass is 32.1. The van der Waals surface area contributed by atoms with Crippen molar-refractivity contribution in [2.24, 2.45) is 0 Å². The highest BCUT2D eigenvalue weighted by Gasteiger charge is 2.06. The van der Waals surface area contributed by atoms with Gasteiger partial charge in [0.2, 0.25) is 5.13 Å². The SMILES string of the molecule is CC(C)OCCCNc1nc(C(C)C)ns1. The first kappa shape index (κ1) is 13.4. The molecule has 1 heterocycles. The topological polar surface area (TPSA) is 47.0 Å². The van der Waals surface area contributed by atoms with Crippen molar-refractivity contribution >= 4 is 16.7 Å². The molecule has 0 spiro atoms. The molecule has 1 rings (SSSR count). The van der Waals surface area contributed by atoms with Crippen LogP contribution in [-0.2, 0) is 4.74 Å². The van der Waals surface area contributed by atoms with Gasteiger partial charge in [0.05, 0.1) is 6.10 Å². The van der Waals surface area contributed by atoms with E-state index in [0.29, 0.717) is 12.0 Å². The Kier molecular flexibility index (Phi) is 5.69. The maximum Gasteiger partial charge on any atom is 0.202 e. The van der Waals surface area contributed by atoms with Gasteiger partial charge in [0.15, 0.2) is 0 Å². The summed E-state index contributed by atoms with van der Waals surface area (Å²) in [6.07, 6.45) is 1.31. The maximum absolute atomic E-state index is 5.45. The molecule has 0 unspecified atom stereocenters. The van der Waals surface area contributed by atoms with Gasteiger partial charge in [-0.3, -0.25) is 0 Å². The van der Waals surface area contributed by atoms with Crippen molar-refractivity contribution < 1.29 is 4.74 Å². The van der Waals surface area contributed by atoms with Gasteiger partial charge in [0, 0.05) is 30.6 Å². The molecule has 0 saturated carbocycles. The highest BCUT2D eigenvalue weighted by Crippen LogP contribution is 2.16. The van der Waals surface area contributed by atoms with Crippen LogP contribution in [0.1, 0.15) is 45.9 Å². The molecule has 0 aliphatic rings. The number of anilines is 1. The molecule has 0 atom stereocenters. The molecule has 0 saturated heterocycles.